The topological polar surface area (TPSA) is 12.0 Å². The maximum atomic E-state index is 14.1. The molecule has 1 aliphatic carbocycles. The molecule has 2 rings (SSSR count). The van der Waals surface area contributed by atoms with Gasteiger partial charge in [-0.15, -0.1) is 0 Å². The molecule has 0 aliphatic heterocycles. The summed E-state index contributed by atoms with van der Waals surface area (Å²) in [6.07, 6.45) is 5.71. The van der Waals surface area contributed by atoms with Gasteiger partial charge in [0.2, 0.25) is 0 Å². The zero-order valence-electron chi connectivity index (χ0n) is 13.4. The van der Waals surface area contributed by atoms with Crippen LogP contribution >= 0.6 is 11.6 Å². The molecule has 0 aromatic heterocycles. The highest BCUT2D eigenvalue weighted by molar-refractivity contribution is 6.30. The van der Waals surface area contributed by atoms with Crippen molar-refractivity contribution in [2.75, 3.05) is 6.54 Å². The van der Waals surface area contributed by atoms with Crippen LogP contribution in [0.5, 0.6) is 0 Å². The first-order valence-electron chi connectivity index (χ1n) is 8.09. The van der Waals surface area contributed by atoms with Gasteiger partial charge in [0.1, 0.15) is 5.82 Å². The van der Waals surface area contributed by atoms with Crippen molar-refractivity contribution in [3.63, 3.8) is 0 Å². The maximum Gasteiger partial charge on any atom is 0.145 e. The van der Waals surface area contributed by atoms with Gasteiger partial charge in [-0.3, -0.25) is 0 Å². The molecule has 0 saturated heterocycles. The van der Waals surface area contributed by atoms with Crippen molar-refractivity contribution in [2.24, 2.45) is 11.3 Å². The fourth-order valence-electron chi connectivity index (χ4n) is 3.43. The number of likely N-dealkylation sites (N-methyl/N-ethyl adjacent to an activating group) is 1. The summed E-state index contributed by atoms with van der Waals surface area (Å²) >= 11 is 5.90. The van der Waals surface area contributed by atoms with Gasteiger partial charge in [0.15, 0.2) is 0 Å². The minimum atomic E-state index is -0.252. The average molecular weight is 312 g/mol. The first-order valence-corrected chi connectivity index (χ1v) is 8.47. The summed E-state index contributed by atoms with van der Waals surface area (Å²) in [6.45, 7) is 7.74. The Hall–Kier alpha value is -0.600. The van der Waals surface area contributed by atoms with Crippen LogP contribution in [0, 0.1) is 17.2 Å². The summed E-state index contributed by atoms with van der Waals surface area (Å²) in [4.78, 5) is 0. The summed E-state index contributed by atoms with van der Waals surface area (Å²) in [5.41, 5.74) is 1.20. The van der Waals surface area contributed by atoms with Gasteiger partial charge < -0.3 is 5.32 Å². The second-order valence-corrected chi connectivity index (χ2v) is 7.49. The van der Waals surface area contributed by atoms with Crippen molar-refractivity contribution >= 4 is 11.6 Å². The molecule has 1 N–H and O–H groups in total. The van der Waals surface area contributed by atoms with Gasteiger partial charge in [0.25, 0.3) is 0 Å². The van der Waals surface area contributed by atoms with Gasteiger partial charge in [0.05, 0.1) is 5.02 Å². The second kappa shape index (κ2) is 7.11. The largest absolute Gasteiger partial charge is 0.314 e. The number of nitrogens with one attached hydrogen (secondary N) is 1. The predicted molar refractivity (Wildman–Crippen MR) is 88.3 cm³/mol. The van der Waals surface area contributed by atoms with E-state index in [2.05, 4.69) is 26.1 Å². The Morgan fingerprint density at radius 2 is 2.00 bits per heavy atom. The minimum Gasteiger partial charge on any atom is -0.314 e. The Bertz CT molecular complexity index is 462. The quantitative estimate of drug-likeness (QED) is 0.786. The van der Waals surface area contributed by atoms with Crippen molar-refractivity contribution in [2.45, 2.75) is 58.9 Å². The van der Waals surface area contributed by atoms with E-state index < -0.39 is 0 Å². The molecule has 1 saturated carbocycles. The molecule has 21 heavy (non-hydrogen) atoms. The normalized spacial score (nSPS) is 20.4. The van der Waals surface area contributed by atoms with E-state index in [0.717, 1.165) is 18.5 Å². The molecule has 1 aliphatic rings. The van der Waals surface area contributed by atoms with Crippen LogP contribution in [0.4, 0.5) is 4.39 Å². The smallest absolute Gasteiger partial charge is 0.145 e. The van der Waals surface area contributed by atoms with E-state index in [1.54, 1.807) is 6.07 Å². The zero-order valence-corrected chi connectivity index (χ0v) is 14.1. The Morgan fingerprint density at radius 3 is 2.62 bits per heavy atom. The summed E-state index contributed by atoms with van der Waals surface area (Å²) in [5, 5.41) is 3.79. The Balaban J connectivity index is 2.07. The lowest BCUT2D eigenvalue weighted by Gasteiger charge is -2.38. The predicted octanol–water partition coefficient (Wildman–Crippen LogP) is 5.22. The van der Waals surface area contributed by atoms with E-state index in [-0.39, 0.29) is 10.8 Å². The molecule has 1 nitrogen and oxygen atoms in total. The van der Waals surface area contributed by atoms with Gasteiger partial charge in [-0.2, -0.15) is 0 Å². The third-order valence-electron chi connectivity index (χ3n) is 4.89. The maximum absolute atomic E-state index is 14.1. The summed E-state index contributed by atoms with van der Waals surface area (Å²) in [5.74, 6) is 0.384. The molecule has 1 fully saturated rings. The SMILES string of the molecule is CCNC(Cc1cccc(Cl)c1F)C1CCC(C)(C)CC1. The van der Waals surface area contributed by atoms with Crippen molar-refractivity contribution in [1.29, 1.82) is 0 Å². The van der Waals surface area contributed by atoms with Crippen molar-refractivity contribution in [1.82, 2.24) is 5.32 Å². The minimum absolute atomic E-state index is 0.229. The Morgan fingerprint density at radius 1 is 1.33 bits per heavy atom. The molecular weight excluding hydrogens is 285 g/mol. The van der Waals surface area contributed by atoms with Crippen LogP contribution in [-0.4, -0.2) is 12.6 Å². The van der Waals surface area contributed by atoms with Crippen LogP contribution < -0.4 is 5.32 Å². The van der Waals surface area contributed by atoms with Crippen LogP contribution in [0.25, 0.3) is 0 Å². The highest BCUT2D eigenvalue weighted by Gasteiger charge is 2.31. The molecule has 0 heterocycles. The van der Waals surface area contributed by atoms with Gasteiger partial charge in [0, 0.05) is 6.04 Å². The summed E-state index contributed by atoms with van der Waals surface area (Å²) in [7, 11) is 0. The number of rotatable bonds is 5. The van der Waals surface area contributed by atoms with Gasteiger partial charge in [-0.1, -0.05) is 44.5 Å². The van der Waals surface area contributed by atoms with E-state index in [1.165, 1.54) is 25.7 Å². The lowest BCUT2D eigenvalue weighted by atomic mass is 9.70. The molecule has 1 unspecified atom stereocenters. The van der Waals surface area contributed by atoms with E-state index >= 15 is 0 Å². The van der Waals surface area contributed by atoms with Crippen molar-refractivity contribution in [3.8, 4) is 0 Å². The van der Waals surface area contributed by atoms with Crippen LogP contribution in [-0.2, 0) is 6.42 Å². The Labute approximate surface area is 133 Å². The number of hydrogen-bond acceptors (Lipinski definition) is 1. The van der Waals surface area contributed by atoms with Crippen LogP contribution in [0.1, 0.15) is 52.0 Å². The van der Waals surface area contributed by atoms with E-state index in [0.29, 0.717) is 17.4 Å². The summed E-state index contributed by atoms with van der Waals surface area (Å²) < 4.78 is 14.1. The molecular formula is C18H27ClFN. The Kier molecular flexibility index (Phi) is 5.67. The third kappa shape index (κ3) is 4.43. The molecule has 0 bridgehead atoms. The molecule has 1 aromatic rings. The number of benzene rings is 1. The highest BCUT2D eigenvalue weighted by atomic mass is 35.5. The molecule has 3 heteroatoms. The van der Waals surface area contributed by atoms with Gasteiger partial charge in [-0.05, 0) is 61.6 Å². The lowest BCUT2D eigenvalue weighted by Crippen LogP contribution is -2.40. The molecule has 0 spiro atoms. The first kappa shape index (κ1) is 16.8. The van der Waals surface area contributed by atoms with Crippen molar-refractivity contribution in [3.05, 3.63) is 34.6 Å². The first-order chi connectivity index (χ1) is 9.93. The highest BCUT2D eigenvalue weighted by Crippen LogP contribution is 2.39. The van der Waals surface area contributed by atoms with Gasteiger partial charge >= 0.3 is 0 Å². The third-order valence-corrected chi connectivity index (χ3v) is 5.18. The lowest BCUT2D eigenvalue weighted by molar-refractivity contribution is 0.161. The fourth-order valence-corrected chi connectivity index (χ4v) is 3.63. The summed E-state index contributed by atoms with van der Waals surface area (Å²) in [6, 6.07) is 5.66. The monoisotopic (exact) mass is 311 g/mol. The fraction of sp³-hybridized carbons (Fsp3) is 0.667. The van der Waals surface area contributed by atoms with Gasteiger partial charge in [-0.25, -0.2) is 4.39 Å². The van der Waals surface area contributed by atoms with E-state index in [1.807, 2.05) is 12.1 Å². The van der Waals surface area contributed by atoms with Crippen LogP contribution in [0.3, 0.4) is 0 Å². The number of halogens is 2. The van der Waals surface area contributed by atoms with E-state index in [4.69, 9.17) is 11.6 Å². The average Bonchev–Trinajstić information content (AvgIpc) is 2.43. The molecule has 118 valence electrons. The second-order valence-electron chi connectivity index (χ2n) is 7.08. The van der Waals surface area contributed by atoms with Crippen LogP contribution in [0.2, 0.25) is 5.02 Å². The number of hydrogen-bond donors (Lipinski definition) is 1. The standard InChI is InChI=1S/C18H27ClFN/c1-4-21-16(13-8-10-18(2,3)11-9-13)12-14-6-5-7-15(19)17(14)20/h5-7,13,16,21H,4,8-12H2,1-3H3. The van der Waals surface area contributed by atoms with E-state index in [9.17, 15) is 4.39 Å². The zero-order chi connectivity index (χ0) is 15.5. The molecule has 0 radical (unpaired) electrons. The molecule has 0 amide bonds. The van der Waals surface area contributed by atoms with Crippen LogP contribution in [0.15, 0.2) is 18.2 Å². The molecule has 1 aromatic carbocycles. The molecule has 1 atom stereocenters. The van der Waals surface area contributed by atoms with Crippen molar-refractivity contribution < 1.29 is 4.39 Å².